The topological polar surface area (TPSA) is 64.9 Å². The summed E-state index contributed by atoms with van der Waals surface area (Å²) < 4.78 is 12.3. The molecule has 3 rings (SSSR count). The van der Waals surface area contributed by atoms with Gasteiger partial charge in [0.25, 0.3) is 5.91 Å². The maximum atomic E-state index is 11.9. The van der Waals surface area contributed by atoms with E-state index in [0.717, 1.165) is 11.1 Å². The van der Waals surface area contributed by atoms with Crippen LogP contribution in [0.2, 0.25) is 0 Å². The Morgan fingerprint density at radius 2 is 2.09 bits per heavy atom. The number of carbonyl (C=O) groups excluding carboxylic acids is 1. The summed E-state index contributed by atoms with van der Waals surface area (Å²) in [6.07, 6.45) is 3.62. The Bertz CT molecular complexity index is 813. The third kappa shape index (κ3) is 3.60. The van der Waals surface area contributed by atoms with Crippen LogP contribution < -0.4 is 14.8 Å². The number of amides is 1. The minimum Gasteiger partial charge on any atom is -0.497 e. The van der Waals surface area contributed by atoms with Gasteiger partial charge in [-0.1, -0.05) is 12.1 Å². The maximum Gasteiger partial charge on any atom is 0.258 e. The molecule has 6 heteroatoms. The van der Waals surface area contributed by atoms with Gasteiger partial charge in [0.2, 0.25) is 0 Å². The summed E-state index contributed by atoms with van der Waals surface area (Å²) in [7, 11) is 1.59. The number of methoxy groups -OCH3 is 1. The van der Waals surface area contributed by atoms with Crippen LogP contribution in [0.3, 0.4) is 0 Å². The Morgan fingerprint density at radius 3 is 2.96 bits per heavy atom. The number of hydrogen-bond acceptors (Lipinski definition) is 4. The molecule has 1 amide bonds. The summed E-state index contributed by atoms with van der Waals surface area (Å²) in [6.45, 7) is 0.361. The zero-order valence-corrected chi connectivity index (χ0v) is 12.7. The Balaban J connectivity index is 1.53. The first-order chi connectivity index (χ1) is 11.3. The van der Waals surface area contributed by atoms with E-state index in [4.69, 9.17) is 9.47 Å². The molecule has 3 aromatic rings. The van der Waals surface area contributed by atoms with Crippen LogP contribution in [-0.2, 0) is 11.3 Å². The molecule has 2 aromatic heterocycles. The van der Waals surface area contributed by atoms with Crippen molar-refractivity contribution < 1.29 is 14.3 Å². The van der Waals surface area contributed by atoms with Gasteiger partial charge in [-0.3, -0.25) is 4.79 Å². The van der Waals surface area contributed by atoms with E-state index in [1.807, 2.05) is 36.5 Å². The fourth-order valence-corrected chi connectivity index (χ4v) is 2.21. The molecule has 0 radical (unpaired) electrons. The Hall–Kier alpha value is -3.02. The standard InChI is InChI=1S/C17H17N3O3/c1-22-14-5-4-6-15(9-14)23-12-17(21)18-10-13-11-19-20-8-3-2-7-16(13)20/h2-9,11H,10,12H2,1H3,(H,18,21). The monoisotopic (exact) mass is 311 g/mol. The molecule has 118 valence electrons. The van der Waals surface area contributed by atoms with Gasteiger partial charge in [0, 0.05) is 24.4 Å². The van der Waals surface area contributed by atoms with Crippen LogP contribution in [0.5, 0.6) is 11.5 Å². The molecule has 0 aliphatic rings. The SMILES string of the molecule is COc1cccc(OCC(=O)NCc2cnn3ccccc23)c1. The molecule has 6 nitrogen and oxygen atoms in total. The van der Waals surface area contributed by atoms with Gasteiger partial charge in [0.15, 0.2) is 6.61 Å². The molecule has 0 aliphatic carbocycles. The van der Waals surface area contributed by atoms with E-state index in [0.29, 0.717) is 18.0 Å². The highest BCUT2D eigenvalue weighted by molar-refractivity contribution is 5.77. The number of benzene rings is 1. The van der Waals surface area contributed by atoms with E-state index < -0.39 is 0 Å². The Morgan fingerprint density at radius 1 is 1.22 bits per heavy atom. The van der Waals surface area contributed by atoms with Gasteiger partial charge < -0.3 is 14.8 Å². The summed E-state index contributed by atoms with van der Waals surface area (Å²) in [5, 5.41) is 7.06. The van der Waals surface area contributed by atoms with Crippen LogP contribution in [0, 0.1) is 0 Å². The lowest BCUT2D eigenvalue weighted by Crippen LogP contribution is -2.28. The van der Waals surface area contributed by atoms with Crippen LogP contribution in [0.25, 0.3) is 5.52 Å². The van der Waals surface area contributed by atoms with Crippen molar-refractivity contribution in [2.24, 2.45) is 0 Å². The molecule has 0 saturated carbocycles. The van der Waals surface area contributed by atoms with Crippen LogP contribution in [0.4, 0.5) is 0 Å². The molecule has 23 heavy (non-hydrogen) atoms. The molecule has 0 fully saturated rings. The van der Waals surface area contributed by atoms with Crippen molar-refractivity contribution >= 4 is 11.4 Å². The first kappa shape index (κ1) is 14.9. The van der Waals surface area contributed by atoms with Crippen molar-refractivity contribution in [3.63, 3.8) is 0 Å². The zero-order chi connectivity index (χ0) is 16.1. The van der Waals surface area contributed by atoms with Gasteiger partial charge in [0.1, 0.15) is 11.5 Å². The molecular formula is C17H17N3O3. The largest absolute Gasteiger partial charge is 0.497 e. The van der Waals surface area contributed by atoms with Crippen LogP contribution >= 0.6 is 0 Å². The van der Waals surface area contributed by atoms with E-state index in [1.54, 1.807) is 30.0 Å². The molecule has 1 aromatic carbocycles. The average Bonchev–Trinajstić information content (AvgIpc) is 3.01. The van der Waals surface area contributed by atoms with Gasteiger partial charge in [-0.2, -0.15) is 5.10 Å². The Labute approximate surface area is 133 Å². The van der Waals surface area contributed by atoms with Crippen molar-refractivity contribution in [3.8, 4) is 11.5 Å². The molecule has 1 N–H and O–H groups in total. The van der Waals surface area contributed by atoms with E-state index in [9.17, 15) is 4.79 Å². The van der Waals surface area contributed by atoms with E-state index in [1.165, 1.54) is 0 Å². The fraction of sp³-hybridized carbons (Fsp3) is 0.176. The summed E-state index contributed by atoms with van der Waals surface area (Å²) in [5.74, 6) is 1.09. The lowest BCUT2D eigenvalue weighted by molar-refractivity contribution is -0.123. The minimum atomic E-state index is -0.192. The van der Waals surface area contributed by atoms with Crippen molar-refractivity contribution in [1.82, 2.24) is 14.9 Å². The third-order valence-electron chi connectivity index (χ3n) is 3.39. The lowest BCUT2D eigenvalue weighted by Gasteiger charge is -2.08. The smallest absolute Gasteiger partial charge is 0.258 e. The highest BCUT2D eigenvalue weighted by Gasteiger charge is 2.07. The number of nitrogens with one attached hydrogen (secondary N) is 1. The highest BCUT2D eigenvalue weighted by atomic mass is 16.5. The van der Waals surface area contributed by atoms with E-state index in [-0.39, 0.29) is 12.5 Å². The average molecular weight is 311 g/mol. The minimum absolute atomic E-state index is 0.0492. The zero-order valence-electron chi connectivity index (χ0n) is 12.7. The number of nitrogens with zero attached hydrogens (tertiary/aromatic N) is 2. The summed E-state index contributed by atoms with van der Waals surface area (Å²) >= 11 is 0. The number of pyridine rings is 1. The van der Waals surface area contributed by atoms with E-state index in [2.05, 4.69) is 10.4 Å². The second-order valence-electron chi connectivity index (χ2n) is 4.94. The van der Waals surface area contributed by atoms with Crippen LogP contribution in [0.1, 0.15) is 5.56 Å². The number of aromatic nitrogens is 2. The summed E-state index contributed by atoms with van der Waals surface area (Å²) in [4.78, 5) is 11.9. The summed E-state index contributed by atoms with van der Waals surface area (Å²) in [6, 6.07) is 12.9. The normalized spacial score (nSPS) is 10.5. The number of ether oxygens (including phenoxy) is 2. The van der Waals surface area contributed by atoms with Crippen molar-refractivity contribution in [1.29, 1.82) is 0 Å². The van der Waals surface area contributed by atoms with Crippen LogP contribution in [-0.4, -0.2) is 29.2 Å². The quantitative estimate of drug-likeness (QED) is 0.756. The van der Waals surface area contributed by atoms with Gasteiger partial charge in [0.05, 0.1) is 18.8 Å². The maximum absolute atomic E-state index is 11.9. The van der Waals surface area contributed by atoms with Gasteiger partial charge in [-0.15, -0.1) is 0 Å². The number of fused-ring (bicyclic) bond motifs is 1. The molecule has 2 heterocycles. The number of carbonyl (C=O) groups is 1. The molecular weight excluding hydrogens is 294 g/mol. The number of rotatable bonds is 6. The predicted molar refractivity (Wildman–Crippen MR) is 85.5 cm³/mol. The molecule has 0 spiro atoms. The molecule has 0 bridgehead atoms. The first-order valence-corrected chi connectivity index (χ1v) is 7.21. The van der Waals surface area contributed by atoms with Crippen molar-refractivity contribution in [2.45, 2.75) is 6.54 Å². The van der Waals surface area contributed by atoms with Gasteiger partial charge >= 0.3 is 0 Å². The highest BCUT2D eigenvalue weighted by Crippen LogP contribution is 2.18. The fourth-order valence-electron chi connectivity index (χ4n) is 2.21. The van der Waals surface area contributed by atoms with E-state index >= 15 is 0 Å². The lowest BCUT2D eigenvalue weighted by atomic mass is 10.2. The van der Waals surface area contributed by atoms with Crippen molar-refractivity contribution in [2.75, 3.05) is 13.7 Å². The molecule has 0 saturated heterocycles. The summed E-state index contributed by atoms with van der Waals surface area (Å²) in [5.41, 5.74) is 1.93. The predicted octanol–water partition coefficient (Wildman–Crippen LogP) is 2.04. The van der Waals surface area contributed by atoms with Crippen LogP contribution in [0.15, 0.2) is 54.9 Å². The molecule has 0 aliphatic heterocycles. The van der Waals surface area contributed by atoms with Gasteiger partial charge in [-0.05, 0) is 24.3 Å². The third-order valence-corrected chi connectivity index (χ3v) is 3.39. The van der Waals surface area contributed by atoms with Gasteiger partial charge in [-0.25, -0.2) is 4.52 Å². The second kappa shape index (κ2) is 6.83. The molecule has 0 unspecified atom stereocenters. The Kier molecular flexibility index (Phi) is 4.42. The first-order valence-electron chi connectivity index (χ1n) is 7.21. The number of hydrogen-bond donors (Lipinski definition) is 1. The van der Waals surface area contributed by atoms with Crippen molar-refractivity contribution in [3.05, 3.63) is 60.4 Å². The second-order valence-corrected chi connectivity index (χ2v) is 4.94. The molecule has 0 atom stereocenters.